The van der Waals surface area contributed by atoms with Crippen molar-refractivity contribution in [2.24, 2.45) is 5.73 Å². The molecule has 4 heteroatoms. The molecule has 0 aromatic heterocycles. The first-order chi connectivity index (χ1) is 10.1. The highest BCUT2D eigenvalue weighted by Crippen LogP contribution is 2.27. The second-order valence-electron chi connectivity index (χ2n) is 4.95. The van der Waals surface area contributed by atoms with Crippen LogP contribution in [0.4, 0.5) is 0 Å². The van der Waals surface area contributed by atoms with Crippen LogP contribution in [0.2, 0.25) is 5.02 Å². The Morgan fingerprint density at radius 3 is 2.62 bits per heavy atom. The molecular formula is C17H19BrClNO. The Morgan fingerprint density at radius 1 is 1.19 bits per heavy atom. The van der Waals surface area contributed by atoms with E-state index in [-0.39, 0.29) is 12.1 Å². The zero-order chi connectivity index (χ0) is 15.2. The predicted molar refractivity (Wildman–Crippen MR) is 91.4 cm³/mol. The molecule has 0 aliphatic carbocycles. The van der Waals surface area contributed by atoms with Crippen molar-refractivity contribution in [3.8, 4) is 0 Å². The van der Waals surface area contributed by atoms with Crippen molar-refractivity contribution in [2.45, 2.75) is 32.1 Å². The molecular weight excluding hydrogens is 350 g/mol. The number of halogens is 2. The third kappa shape index (κ3) is 4.55. The van der Waals surface area contributed by atoms with Gasteiger partial charge in [-0.1, -0.05) is 64.8 Å². The van der Waals surface area contributed by atoms with Crippen LogP contribution in [0.15, 0.2) is 53.0 Å². The molecule has 2 aromatic rings. The van der Waals surface area contributed by atoms with Crippen LogP contribution in [0.5, 0.6) is 0 Å². The van der Waals surface area contributed by atoms with E-state index in [1.807, 2.05) is 48.5 Å². The van der Waals surface area contributed by atoms with Gasteiger partial charge in [-0.2, -0.15) is 0 Å². The highest BCUT2D eigenvalue weighted by atomic mass is 79.9. The quantitative estimate of drug-likeness (QED) is 0.770. The van der Waals surface area contributed by atoms with E-state index < -0.39 is 0 Å². The zero-order valence-electron chi connectivity index (χ0n) is 11.9. The maximum atomic E-state index is 6.22. The smallest absolute Gasteiger partial charge is 0.0980 e. The van der Waals surface area contributed by atoms with Crippen LogP contribution in [0.25, 0.3) is 0 Å². The van der Waals surface area contributed by atoms with Gasteiger partial charge in [-0.05, 0) is 35.7 Å². The summed E-state index contributed by atoms with van der Waals surface area (Å²) in [5.41, 5.74) is 8.34. The van der Waals surface area contributed by atoms with Crippen molar-refractivity contribution in [2.75, 3.05) is 0 Å². The van der Waals surface area contributed by atoms with Gasteiger partial charge in [-0.25, -0.2) is 0 Å². The number of ether oxygens (including phenoxy) is 1. The average Bonchev–Trinajstić information content (AvgIpc) is 2.49. The van der Waals surface area contributed by atoms with Gasteiger partial charge in [0, 0.05) is 15.5 Å². The zero-order valence-corrected chi connectivity index (χ0v) is 14.3. The highest BCUT2D eigenvalue weighted by molar-refractivity contribution is 9.10. The summed E-state index contributed by atoms with van der Waals surface area (Å²) in [5.74, 6) is 0. The maximum absolute atomic E-state index is 6.22. The van der Waals surface area contributed by atoms with Gasteiger partial charge in [0.1, 0.15) is 0 Å². The van der Waals surface area contributed by atoms with Crippen molar-refractivity contribution in [3.63, 3.8) is 0 Å². The first-order valence-corrected chi connectivity index (χ1v) is 8.15. The summed E-state index contributed by atoms with van der Waals surface area (Å²) >= 11 is 9.61. The van der Waals surface area contributed by atoms with Gasteiger partial charge in [0.2, 0.25) is 0 Å². The molecule has 0 aliphatic heterocycles. The van der Waals surface area contributed by atoms with Crippen LogP contribution in [0, 0.1) is 0 Å². The van der Waals surface area contributed by atoms with Crippen LogP contribution in [-0.4, -0.2) is 6.04 Å². The second-order valence-corrected chi connectivity index (χ2v) is 6.24. The molecule has 21 heavy (non-hydrogen) atoms. The standard InChI is InChI=1S/C17H19BrClNO/c1-2-16(20)17(12-7-5-8-14(19)10-12)21-11-13-6-3-4-9-15(13)18/h3-10,16-17H,2,11,20H2,1H3. The molecule has 2 rings (SSSR count). The molecule has 0 saturated heterocycles. The van der Waals surface area contributed by atoms with E-state index in [2.05, 4.69) is 22.9 Å². The summed E-state index contributed by atoms with van der Waals surface area (Å²) in [6.45, 7) is 2.57. The van der Waals surface area contributed by atoms with E-state index in [0.29, 0.717) is 11.6 Å². The Labute approximate surface area is 139 Å². The number of hydrogen-bond donors (Lipinski definition) is 1. The molecule has 112 valence electrons. The molecule has 0 aliphatic rings. The van der Waals surface area contributed by atoms with Gasteiger partial charge in [-0.15, -0.1) is 0 Å². The van der Waals surface area contributed by atoms with Gasteiger partial charge in [-0.3, -0.25) is 0 Å². The van der Waals surface area contributed by atoms with Crippen molar-refractivity contribution >= 4 is 27.5 Å². The maximum Gasteiger partial charge on any atom is 0.0980 e. The summed E-state index contributed by atoms with van der Waals surface area (Å²) in [4.78, 5) is 0. The SMILES string of the molecule is CCC(N)C(OCc1ccccc1Br)c1cccc(Cl)c1. The largest absolute Gasteiger partial charge is 0.367 e. The van der Waals surface area contributed by atoms with Crippen molar-refractivity contribution in [1.29, 1.82) is 0 Å². The van der Waals surface area contributed by atoms with Gasteiger partial charge in [0.05, 0.1) is 12.7 Å². The molecule has 0 saturated carbocycles. The predicted octanol–water partition coefficient (Wildman–Crippen LogP) is 5.10. The van der Waals surface area contributed by atoms with Gasteiger partial charge in [0.25, 0.3) is 0 Å². The molecule has 2 unspecified atom stereocenters. The molecule has 0 heterocycles. The lowest BCUT2D eigenvalue weighted by atomic mass is 10.0. The minimum absolute atomic E-state index is 0.0639. The monoisotopic (exact) mass is 367 g/mol. The van der Waals surface area contributed by atoms with Gasteiger partial charge < -0.3 is 10.5 Å². The van der Waals surface area contributed by atoms with E-state index in [9.17, 15) is 0 Å². The molecule has 0 amide bonds. The normalized spacial score (nSPS) is 13.9. The van der Waals surface area contributed by atoms with Crippen LogP contribution in [0.1, 0.15) is 30.6 Å². The Kier molecular flexibility index (Phi) is 6.24. The molecule has 0 fully saturated rings. The fraction of sp³-hybridized carbons (Fsp3) is 0.294. The average molecular weight is 369 g/mol. The van der Waals surface area contributed by atoms with Crippen molar-refractivity contribution in [3.05, 3.63) is 69.2 Å². The van der Waals surface area contributed by atoms with Crippen LogP contribution in [0.3, 0.4) is 0 Å². The Hall–Kier alpha value is -0.870. The third-order valence-corrected chi connectivity index (χ3v) is 4.42. The summed E-state index contributed by atoms with van der Waals surface area (Å²) in [5, 5.41) is 0.699. The van der Waals surface area contributed by atoms with Gasteiger partial charge >= 0.3 is 0 Å². The van der Waals surface area contributed by atoms with E-state index >= 15 is 0 Å². The molecule has 0 bridgehead atoms. The Bertz CT molecular complexity index is 591. The van der Waals surface area contributed by atoms with Gasteiger partial charge in [0.15, 0.2) is 0 Å². The number of benzene rings is 2. The topological polar surface area (TPSA) is 35.2 Å². The summed E-state index contributed by atoms with van der Waals surface area (Å²) < 4.78 is 7.13. The van der Waals surface area contributed by atoms with E-state index in [4.69, 9.17) is 22.1 Å². The minimum atomic E-state index is -0.166. The second kappa shape index (κ2) is 7.95. The summed E-state index contributed by atoms with van der Waals surface area (Å²) in [6, 6.07) is 15.7. The van der Waals surface area contributed by atoms with E-state index in [1.165, 1.54) is 0 Å². The summed E-state index contributed by atoms with van der Waals surface area (Å²) in [7, 11) is 0. The fourth-order valence-corrected chi connectivity index (χ4v) is 2.76. The van der Waals surface area contributed by atoms with Crippen molar-refractivity contribution in [1.82, 2.24) is 0 Å². The summed E-state index contributed by atoms with van der Waals surface area (Å²) in [6.07, 6.45) is 0.674. The molecule has 0 radical (unpaired) electrons. The first-order valence-electron chi connectivity index (χ1n) is 6.98. The van der Waals surface area contributed by atoms with E-state index in [0.717, 1.165) is 22.0 Å². The highest BCUT2D eigenvalue weighted by Gasteiger charge is 2.20. The van der Waals surface area contributed by atoms with Crippen LogP contribution in [-0.2, 0) is 11.3 Å². The van der Waals surface area contributed by atoms with E-state index in [1.54, 1.807) is 0 Å². The lowest BCUT2D eigenvalue weighted by Crippen LogP contribution is -2.29. The molecule has 2 nitrogen and oxygen atoms in total. The number of nitrogens with two attached hydrogens (primary N) is 1. The third-order valence-electron chi connectivity index (χ3n) is 3.41. The van der Waals surface area contributed by atoms with Crippen LogP contribution < -0.4 is 5.73 Å². The van der Waals surface area contributed by atoms with Crippen LogP contribution >= 0.6 is 27.5 Å². The Morgan fingerprint density at radius 2 is 1.95 bits per heavy atom. The first kappa shape index (κ1) is 16.5. The minimum Gasteiger partial charge on any atom is -0.367 e. The number of rotatable bonds is 6. The van der Waals surface area contributed by atoms with Crippen molar-refractivity contribution < 1.29 is 4.74 Å². The fourth-order valence-electron chi connectivity index (χ4n) is 2.16. The molecule has 2 aromatic carbocycles. The molecule has 0 spiro atoms. The lowest BCUT2D eigenvalue weighted by Gasteiger charge is -2.24. The number of hydrogen-bond acceptors (Lipinski definition) is 2. The molecule has 2 N–H and O–H groups in total. The lowest BCUT2D eigenvalue weighted by molar-refractivity contribution is 0.0210. The Balaban J connectivity index is 2.16. The molecule has 2 atom stereocenters.